The molecule has 0 saturated heterocycles. The van der Waals surface area contributed by atoms with Crippen molar-refractivity contribution in [3.8, 4) is 10.6 Å². The summed E-state index contributed by atoms with van der Waals surface area (Å²) in [5.41, 5.74) is 8.34. The molecule has 2 N–H and O–H groups in total. The molecule has 2 heterocycles. The Kier molecular flexibility index (Phi) is 2.44. The molecule has 0 atom stereocenters. The largest absolute Gasteiger partial charge is 0.397 e. The van der Waals surface area contributed by atoms with Crippen LogP contribution in [-0.2, 0) is 0 Å². The zero-order valence-corrected chi connectivity index (χ0v) is 9.19. The Morgan fingerprint density at radius 1 is 1.43 bits per heavy atom. The molecule has 0 bridgehead atoms. The number of hydrogen-bond acceptors (Lipinski definition) is 3. The Hall–Kier alpha value is -1.06. The number of aromatic nitrogens is 1. The fourth-order valence-corrected chi connectivity index (χ4v) is 2.40. The molecular formula is C10H9ClN2S. The van der Waals surface area contributed by atoms with Gasteiger partial charge in [-0.1, -0.05) is 11.6 Å². The molecule has 0 fully saturated rings. The Morgan fingerprint density at radius 3 is 2.79 bits per heavy atom. The van der Waals surface area contributed by atoms with E-state index in [1.54, 1.807) is 6.20 Å². The second-order valence-electron chi connectivity index (χ2n) is 3.04. The zero-order chi connectivity index (χ0) is 10.1. The second-order valence-corrected chi connectivity index (χ2v) is 4.75. The van der Waals surface area contributed by atoms with Gasteiger partial charge in [-0.15, -0.1) is 11.3 Å². The van der Waals surface area contributed by atoms with Crippen LogP contribution in [-0.4, -0.2) is 4.98 Å². The van der Waals surface area contributed by atoms with E-state index in [1.165, 1.54) is 11.3 Å². The Bertz CT molecular complexity index is 465. The molecule has 2 nitrogen and oxygen atoms in total. The summed E-state index contributed by atoms with van der Waals surface area (Å²) in [6.45, 7) is 1.99. The highest BCUT2D eigenvalue weighted by molar-refractivity contribution is 7.19. The van der Waals surface area contributed by atoms with Gasteiger partial charge in [-0.05, 0) is 30.7 Å². The van der Waals surface area contributed by atoms with E-state index >= 15 is 0 Å². The first-order chi connectivity index (χ1) is 6.66. The molecule has 0 saturated carbocycles. The predicted molar refractivity (Wildman–Crippen MR) is 61.7 cm³/mol. The van der Waals surface area contributed by atoms with Crippen molar-refractivity contribution in [1.29, 1.82) is 0 Å². The van der Waals surface area contributed by atoms with Crippen molar-refractivity contribution in [2.45, 2.75) is 6.92 Å². The van der Waals surface area contributed by atoms with E-state index in [0.29, 0.717) is 5.69 Å². The average molecular weight is 225 g/mol. The van der Waals surface area contributed by atoms with Crippen molar-refractivity contribution in [2.24, 2.45) is 0 Å². The lowest BCUT2D eigenvalue weighted by Gasteiger charge is -2.02. The van der Waals surface area contributed by atoms with Crippen LogP contribution in [0.1, 0.15) is 5.56 Å². The van der Waals surface area contributed by atoms with Gasteiger partial charge in [-0.3, -0.25) is 4.98 Å². The molecule has 72 valence electrons. The van der Waals surface area contributed by atoms with E-state index in [9.17, 15) is 0 Å². The summed E-state index contributed by atoms with van der Waals surface area (Å²) in [6.07, 6.45) is 1.66. The smallest absolute Gasteiger partial charge is 0.0935 e. The molecule has 0 aliphatic rings. The molecule has 0 aliphatic heterocycles. The van der Waals surface area contributed by atoms with Crippen molar-refractivity contribution < 1.29 is 0 Å². The lowest BCUT2D eigenvalue weighted by atomic mass is 10.2. The highest BCUT2D eigenvalue weighted by Crippen LogP contribution is 2.31. The summed E-state index contributed by atoms with van der Waals surface area (Å²) in [5.74, 6) is 0. The van der Waals surface area contributed by atoms with Gasteiger partial charge in [0.05, 0.1) is 26.8 Å². The van der Waals surface area contributed by atoms with Gasteiger partial charge < -0.3 is 5.73 Å². The van der Waals surface area contributed by atoms with Gasteiger partial charge in [0.15, 0.2) is 0 Å². The molecule has 0 radical (unpaired) electrons. The summed E-state index contributed by atoms with van der Waals surface area (Å²) in [6, 6.07) is 5.76. The predicted octanol–water partition coefficient (Wildman–Crippen LogP) is 3.35. The van der Waals surface area contributed by atoms with Gasteiger partial charge in [0.2, 0.25) is 0 Å². The first-order valence-electron chi connectivity index (χ1n) is 4.14. The fraction of sp³-hybridized carbons (Fsp3) is 0.100. The summed E-state index contributed by atoms with van der Waals surface area (Å²) in [7, 11) is 0. The van der Waals surface area contributed by atoms with Gasteiger partial charge >= 0.3 is 0 Å². The number of pyridine rings is 1. The number of anilines is 1. The van der Waals surface area contributed by atoms with Crippen LogP contribution >= 0.6 is 22.9 Å². The van der Waals surface area contributed by atoms with Gasteiger partial charge in [0.1, 0.15) is 0 Å². The van der Waals surface area contributed by atoms with E-state index in [2.05, 4.69) is 4.98 Å². The molecule has 2 rings (SSSR count). The maximum Gasteiger partial charge on any atom is 0.0935 e. The Labute approximate surface area is 91.4 Å². The Morgan fingerprint density at radius 2 is 2.21 bits per heavy atom. The first-order valence-corrected chi connectivity index (χ1v) is 5.34. The van der Waals surface area contributed by atoms with E-state index < -0.39 is 0 Å². The van der Waals surface area contributed by atoms with E-state index in [1.807, 2.05) is 25.1 Å². The number of aryl methyl sites for hydroxylation is 1. The van der Waals surface area contributed by atoms with Crippen LogP contribution in [0, 0.1) is 6.92 Å². The quantitative estimate of drug-likeness (QED) is 0.807. The standard InChI is InChI=1S/C10H9ClN2S/c1-6-4-7(12)5-13-10(6)8-2-3-9(11)14-8/h2-5H,12H2,1H3. The first kappa shape index (κ1) is 9.49. The van der Waals surface area contributed by atoms with E-state index in [-0.39, 0.29) is 0 Å². The van der Waals surface area contributed by atoms with Crippen LogP contribution in [0.15, 0.2) is 24.4 Å². The molecule has 14 heavy (non-hydrogen) atoms. The molecule has 2 aromatic heterocycles. The lowest BCUT2D eigenvalue weighted by molar-refractivity contribution is 1.29. The third-order valence-electron chi connectivity index (χ3n) is 1.91. The minimum absolute atomic E-state index is 0.689. The molecule has 0 aliphatic carbocycles. The highest BCUT2D eigenvalue weighted by Gasteiger charge is 2.06. The zero-order valence-electron chi connectivity index (χ0n) is 7.62. The van der Waals surface area contributed by atoms with E-state index in [0.717, 1.165) is 20.5 Å². The van der Waals surface area contributed by atoms with Crippen LogP contribution < -0.4 is 5.73 Å². The lowest BCUT2D eigenvalue weighted by Crippen LogP contribution is -1.90. The van der Waals surface area contributed by atoms with Crippen LogP contribution in [0.3, 0.4) is 0 Å². The summed E-state index contributed by atoms with van der Waals surface area (Å²) in [4.78, 5) is 5.36. The number of nitrogens with two attached hydrogens (primary N) is 1. The van der Waals surface area contributed by atoms with Crippen molar-refractivity contribution in [2.75, 3.05) is 5.73 Å². The summed E-state index contributed by atoms with van der Waals surface area (Å²) >= 11 is 7.38. The van der Waals surface area contributed by atoms with Crippen LogP contribution in [0.4, 0.5) is 5.69 Å². The van der Waals surface area contributed by atoms with Crippen molar-refractivity contribution in [3.05, 3.63) is 34.3 Å². The van der Waals surface area contributed by atoms with Crippen LogP contribution in [0.25, 0.3) is 10.6 Å². The van der Waals surface area contributed by atoms with Gasteiger partial charge in [-0.2, -0.15) is 0 Å². The van der Waals surface area contributed by atoms with Crippen LogP contribution in [0.2, 0.25) is 4.34 Å². The number of thiophene rings is 1. The number of halogens is 1. The van der Waals surface area contributed by atoms with Crippen molar-refractivity contribution in [3.63, 3.8) is 0 Å². The van der Waals surface area contributed by atoms with Crippen LogP contribution in [0.5, 0.6) is 0 Å². The SMILES string of the molecule is Cc1cc(N)cnc1-c1ccc(Cl)s1. The van der Waals surface area contributed by atoms with Crippen molar-refractivity contribution >= 4 is 28.6 Å². The van der Waals surface area contributed by atoms with Crippen molar-refractivity contribution in [1.82, 2.24) is 4.98 Å². The molecule has 0 aromatic carbocycles. The third kappa shape index (κ3) is 1.74. The Balaban J connectivity index is 2.52. The number of nitrogens with zero attached hydrogens (tertiary/aromatic N) is 1. The molecule has 0 amide bonds. The van der Waals surface area contributed by atoms with Gasteiger partial charge in [0.25, 0.3) is 0 Å². The fourth-order valence-electron chi connectivity index (χ4n) is 1.30. The van der Waals surface area contributed by atoms with E-state index in [4.69, 9.17) is 17.3 Å². The molecular weight excluding hydrogens is 216 g/mol. The minimum atomic E-state index is 0.689. The summed E-state index contributed by atoms with van der Waals surface area (Å²) in [5, 5.41) is 0. The van der Waals surface area contributed by atoms with Gasteiger partial charge in [-0.25, -0.2) is 0 Å². The molecule has 2 aromatic rings. The van der Waals surface area contributed by atoms with Gasteiger partial charge in [0, 0.05) is 0 Å². The normalized spacial score (nSPS) is 10.4. The monoisotopic (exact) mass is 224 g/mol. The molecule has 0 unspecified atom stereocenters. The molecule has 4 heteroatoms. The highest BCUT2D eigenvalue weighted by atomic mass is 35.5. The number of rotatable bonds is 1. The maximum absolute atomic E-state index is 5.86. The summed E-state index contributed by atoms with van der Waals surface area (Å²) < 4.78 is 0.776. The number of hydrogen-bond donors (Lipinski definition) is 1. The second kappa shape index (κ2) is 3.59. The maximum atomic E-state index is 5.86. The number of nitrogen functional groups attached to an aromatic ring is 1. The minimum Gasteiger partial charge on any atom is -0.397 e. The molecule has 0 spiro atoms. The third-order valence-corrected chi connectivity index (χ3v) is 3.14. The topological polar surface area (TPSA) is 38.9 Å². The average Bonchev–Trinajstić information content (AvgIpc) is 2.51.